The average molecular weight is 330 g/mol. The molecule has 2 heterocycles. The molecule has 7 nitrogen and oxygen atoms in total. The minimum atomic E-state index is -0.698. The van der Waals surface area contributed by atoms with Gasteiger partial charge in [0.15, 0.2) is 0 Å². The molecule has 24 heavy (non-hydrogen) atoms. The second-order valence-corrected chi connectivity index (χ2v) is 6.43. The summed E-state index contributed by atoms with van der Waals surface area (Å²) < 4.78 is 6.71. The highest BCUT2D eigenvalue weighted by atomic mass is 16.5. The summed E-state index contributed by atoms with van der Waals surface area (Å²) in [6.45, 7) is 4.97. The van der Waals surface area contributed by atoms with Gasteiger partial charge in [0.1, 0.15) is 11.6 Å². The molecule has 1 N–H and O–H groups in total. The van der Waals surface area contributed by atoms with Crippen molar-refractivity contribution in [3.05, 3.63) is 34.6 Å². The van der Waals surface area contributed by atoms with E-state index in [2.05, 4.69) is 15.6 Å². The minimum Gasteiger partial charge on any atom is -0.376 e. The minimum absolute atomic E-state index is 0.0566. The highest BCUT2D eigenvalue weighted by molar-refractivity contribution is 5.81. The van der Waals surface area contributed by atoms with Crippen molar-refractivity contribution in [1.29, 1.82) is 0 Å². The van der Waals surface area contributed by atoms with E-state index in [4.69, 9.17) is 4.74 Å². The third-order valence-corrected chi connectivity index (χ3v) is 4.28. The zero-order valence-electron chi connectivity index (χ0n) is 13.9. The molecule has 0 aliphatic carbocycles. The summed E-state index contributed by atoms with van der Waals surface area (Å²) in [5.41, 5.74) is 0.229. The van der Waals surface area contributed by atoms with E-state index in [9.17, 15) is 9.59 Å². The zero-order chi connectivity index (χ0) is 17.1. The number of hydrogen-bond donors (Lipinski definition) is 1. The topological polar surface area (TPSA) is 86.1 Å². The van der Waals surface area contributed by atoms with Crippen molar-refractivity contribution in [3.8, 4) is 0 Å². The van der Waals surface area contributed by atoms with Crippen LogP contribution >= 0.6 is 0 Å². The fourth-order valence-corrected chi connectivity index (χ4v) is 3.00. The molecule has 0 spiro atoms. The number of carbonyl (C=O) groups is 1. The van der Waals surface area contributed by atoms with Crippen molar-refractivity contribution in [1.82, 2.24) is 20.3 Å². The van der Waals surface area contributed by atoms with Crippen LogP contribution in [0.3, 0.4) is 0 Å². The molecule has 1 saturated heterocycles. The van der Waals surface area contributed by atoms with Crippen LogP contribution in [0.1, 0.15) is 32.7 Å². The van der Waals surface area contributed by atoms with Gasteiger partial charge in [-0.05, 0) is 30.9 Å². The van der Waals surface area contributed by atoms with Gasteiger partial charge in [-0.2, -0.15) is 4.68 Å². The Hall–Kier alpha value is -2.28. The van der Waals surface area contributed by atoms with Gasteiger partial charge in [-0.25, -0.2) is 0 Å². The zero-order valence-corrected chi connectivity index (χ0v) is 13.9. The van der Waals surface area contributed by atoms with Crippen molar-refractivity contribution >= 4 is 16.8 Å². The Morgan fingerprint density at radius 2 is 2.21 bits per heavy atom. The van der Waals surface area contributed by atoms with Crippen LogP contribution in [0.2, 0.25) is 0 Å². The number of aromatic nitrogens is 3. The van der Waals surface area contributed by atoms with E-state index in [0.29, 0.717) is 17.4 Å². The predicted molar refractivity (Wildman–Crippen MR) is 89.7 cm³/mol. The average Bonchev–Trinajstić information content (AvgIpc) is 3.09. The van der Waals surface area contributed by atoms with Crippen LogP contribution in [-0.2, 0) is 9.53 Å². The first-order chi connectivity index (χ1) is 11.6. The lowest BCUT2D eigenvalue weighted by Crippen LogP contribution is -2.43. The number of hydrogen-bond acceptors (Lipinski definition) is 5. The Labute approximate surface area is 140 Å². The number of benzene rings is 1. The van der Waals surface area contributed by atoms with Crippen LogP contribution in [0.25, 0.3) is 10.9 Å². The molecule has 0 bridgehead atoms. The Morgan fingerprint density at radius 3 is 2.92 bits per heavy atom. The molecule has 1 aromatic heterocycles. The van der Waals surface area contributed by atoms with Crippen LogP contribution in [0.5, 0.6) is 0 Å². The molecule has 2 aromatic rings. The molecule has 1 amide bonds. The molecule has 1 aliphatic heterocycles. The van der Waals surface area contributed by atoms with Crippen LogP contribution in [0.4, 0.5) is 0 Å². The predicted octanol–water partition coefficient (Wildman–Crippen LogP) is 1.28. The molecule has 1 fully saturated rings. The third-order valence-electron chi connectivity index (χ3n) is 4.28. The molecule has 2 atom stereocenters. The molecule has 128 valence electrons. The molecule has 0 unspecified atom stereocenters. The number of amides is 1. The van der Waals surface area contributed by atoms with Crippen molar-refractivity contribution in [2.45, 2.75) is 38.8 Å². The van der Waals surface area contributed by atoms with Gasteiger partial charge < -0.3 is 10.1 Å². The lowest BCUT2D eigenvalue weighted by molar-refractivity contribution is -0.126. The Morgan fingerprint density at radius 1 is 1.42 bits per heavy atom. The smallest absolute Gasteiger partial charge is 0.278 e. The summed E-state index contributed by atoms with van der Waals surface area (Å²) in [5, 5.41) is 11.4. The number of ether oxygens (including phenoxy) is 1. The Balaban J connectivity index is 1.86. The summed E-state index contributed by atoms with van der Waals surface area (Å²) in [7, 11) is 0. The molecular formula is C17H22N4O3. The molecule has 0 radical (unpaired) electrons. The normalized spacial score (nSPS) is 18.9. The van der Waals surface area contributed by atoms with E-state index in [1.165, 1.54) is 4.68 Å². The quantitative estimate of drug-likeness (QED) is 0.892. The summed E-state index contributed by atoms with van der Waals surface area (Å²) in [4.78, 5) is 25.3. The van der Waals surface area contributed by atoms with Crippen LogP contribution in [0.15, 0.2) is 29.1 Å². The maximum absolute atomic E-state index is 12.7. The van der Waals surface area contributed by atoms with Crippen LogP contribution in [-0.4, -0.2) is 40.2 Å². The second kappa shape index (κ2) is 7.09. The molecule has 0 saturated carbocycles. The van der Waals surface area contributed by atoms with Gasteiger partial charge in [0, 0.05) is 13.2 Å². The monoisotopic (exact) mass is 330 g/mol. The van der Waals surface area contributed by atoms with E-state index in [-0.39, 0.29) is 23.5 Å². The highest BCUT2D eigenvalue weighted by Crippen LogP contribution is 2.17. The maximum atomic E-state index is 12.7. The number of carbonyl (C=O) groups excluding carboxylic acids is 1. The lowest BCUT2D eigenvalue weighted by atomic mass is 10.0. The second-order valence-electron chi connectivity index (χ2n) is 6.43. The van der Waals surface area contributed by atoms with Crippen molar-refractivity contribution < 1.29 is 9.53 Å². The maximum Gasteiger partial charge on any atom is 0.278 e. The first-order valence-electron chi connectivity index (χ1n) is 8.31. The number of fused-ring (bicyclic) bond motifs is 1. The van der Waals surface area contributed by atoms with E-state index in [0.717, 1.165) is 19.4 Å². The van der Waals surface area contributed by atoms with Gasteiger partial charge in [0.2, 0.25) is 5.91 Å². The summed E-state index contributed by atoms with van der Waals surface area (Å²) in [6.07, 6.45) is 2.02. The van der Waals surface area contributed by atoms with E-state index < -0.39 is 6.04 Å². The molecular weight excluding hydrogens is 308 g/mol. The number of rotatable bonds is 5. The fourth-order valence-electron chi connectivity index (χ4n) is 3.00. The summed E-state index contributed by atoms with van der Waals surface area (Å²) >= 11 is 0. The lowest BCUT2D eigenvalue weighted by Gasteiger charge is -2.22. The van der Waals surface area contributed by atoms with Crippen LogP contribution < -0.4 is 10.9 Å². The highest BCUT2D eigenvalue weighted by Gasteiger charge is 2.28. The van der Waals surface area contributed by atoms with Gasteiger partial charge in [0.05, 0.1) is 11.5 Å². The molecule has 7 heteroatoms. The van der Waals surface area contributed by atoms with Crippen molar-refractivity contribution in [2.75, 3.05) is 13.2 Å². The van der Waals surface area contributed by atoms with Gasteiger partial charge in [-0.15, -0.1) is 5.10 Å². The Bertz CT molecular complexity index is 781. The summed E-state index contributed by atoms with van der Waals surface area (Å²) in [6, 6.07) is 6.31. The van der Waals surface area contributed by atoms with Crippen molar-refractivity contribution in [2.24, 2.45) is 5.92 Å². The standard InChI is InChI=1S/C17H22N4O3/c1-11(2)15(16(22)18-10-12-6-5-9-24-12)21-17(23)13-7-3-4-8-14(13)19-20-21/h3-4,7-8,11-12,15H,5-6,9-10H2,1-2H3,(H,18,22)/t12-,15-/m0/s1. The first kappa shape index (κ1) is 16.6. The molecule has 3 rings (SSSR count). The SMILES string of the molecule is CC(C)[C@@H](C(=O)NC[C@@H]1CCCO1)n1nnc2ccccc2c1=O. The number of nitrogens with zero attached hydrogens (tertiary/aromatic N) is 3. The van der Waals surface area contributed by atoms with Gasteiger partial charge >= 0.3 is 0 Å². The van der Waals surface area contributed by atoms with Crippen molar-refractivity contribution in [3.63, 3.8) is 0 Å². The number of nitrogens with one attached hydrogen (secondary N) is 1. The molecule has 1 aliphatic rings. The fraction of sp³-hybridized carbons (Fsp3) is 0.529. The first-order valence-corrected chi connectivity index (χ1v) is 8.31. The van der Waals surface area contributed by atoms with E-state index in [1.54, 1.807) is 24.3 Å². The van der Waals surface area contributed by atoms with Gasteiger partial charge in [-0.3, -0.25) is 9.59 Å². The largest absolute Gasteiger partial charge is 0.376 e. The van der Waals surface area contributed by atoms with E-state index in [1.807, 2.05) is 13.8 Å². The van der Waals surface area contributed by atoms with Gasteiger partial charge in [-0.1, -0.05) is 31.2 Å². The Kier molecular flexibility index (Phi) is 4.89. The van der Waals surface area contributed by atoms with E-state index >= 15 is 0 Å². The third kappa shape index (κ3) is 3.31. The van der Waals surface area contributed by atoms with Crippen LogP contribution in [0, 0.1) is 5.92 Å². The molecule has 1 aromatic carbocycles. The summed E-state index contributed by atoms with van der Waals surface area (Å²) in [5.74, 6) is -0.324. The van der Waals surface area contributed by atoms with Gasteiger partial charge in [0.25, 0.3) is 5.56 Å².